The van der Waals surface area contributed by atoms with Crippen molar-refractivity contribution < 1.29 is 27.7 Å². The minimum atomic E-state index is -4.20. The Morgan fingerprint density at radius 1 is 1.07 bits per heavy atom. The largest absolute Gasteiger partial charge is 0.446 e. The molecule has 16 heteroatoms. The van der Waals surface area contributed by atoms with Crippen molar-refractivity contribution in [2.45, 2.75) is 36.8 Å². The second-order valence-electron chi connectivity index (χ2n) is 10.7. The number of benzene rings is 2. The highest BCUT2D eigenvalue weighted by Crippen LogP contribution is 2.22. The summed E-state index contributed by atoms with van der Waals surface area (Å²) in [7, 11) is -4.20. The van der Waals surface area contributed by atoms with E-state index >= 15 is 0 Å². The van der Waals surface area contributed by atoms with Crippen LogP contribution in [0.2, 0.25) is 0 Å². The molecule has 46 heavy (non-hydrogen) atoms. The summed E-state index contributed by atoms with van der Waals surface area (Å²) in [5, 5.41) is 26.6. The third-order valence-corrected chi connectivity index (χ3v) is 10.9. The molecule has 2 aliphatic heterocycles. The number of ether oxygens (including phenoxy) is 1. The van der Waals surface area contributed by atoms with Crippen molar-refractivity contribution >= 4 is 56.9 Å². The maximum Gasteiger partial charge on any atom is 0.413 e. The topological polar surface area (TPSA) is 184 Å². The van der Waals surface area contributed by atoms with Crippen molar-refractivity contribution in [1.29, 1.82) is 5.26 Å². The molecule has 2 aromatic carbocycles. The Morgan fingerprint density at radius 3 is 2.39 bits per heavy atom. The van der Waals surface area contributed by atoms with E-state index in [0.29, 0.717) is 18.4 Å². The summed E-state index contributed by atoms with van der Waals surface area (Å²) in [4.78, 5) is 44.0. The van der Waals surface area contributed by atoms with Crippen LogP contribution >= 0.6 is 23.5 Å². The first-order valence-corrected chi connectivity index (χ1v) is 18.9. The second kappa shape index (κ2) is 17.3. The van der Waals surface area contributed by atoms with Gasteiger partial charge in [0.1, 0.15) is 24.0 Å². The van der Waals surface area contributed by atoms with E-state index in [1.165, 1.54) is 24.3 Å². The van der Waals surface area contributed by atoms with Gasteiger partial charge in [-0.25, -0.2) is 13.2 Å². The van der Waals surface area contributed by atoms with Crippen LogP contribution in [0.25, 0.3) is 0 Å². The number of rotatable bonds is 12. The highest BCUT2D eigenvalue weighted by molar-refractivity contribution is 7.99. The van der Waals surface area contributed by atoms with Gasteiger partial charge in [-0.3, -0.25) is 30.1 Å². The summed E-state index contributed by atoms with van der Waals surface area (Å²) in [5.74, 6) is 1.02. The summed E-state index contributed by atoms with van der Waals surface area (Å²) < 4.78 is 32.6. The molecule has 2 fully saturated rings. The normalized spacial score (nSPS) is 17.7. The number of alkyl carbamates (subject to hydrolysis) is 1. The lowest BCUT2D eigenvalue weighted by Gasteiger charge is -2.28. The molecule has 0 aromatic heterocycles. The maximum absolute atomic E-state index is 13.7. The van der Waals surface area contributed by atoms with Gasteiger partial charge < -0.3 is 10.1 Å². The summed E-state index contributed by atoms with van der Waals surface area (Å²) in [5.41, 5.74) is -0.00495. The third-order valence-electron chi connectivity index (χ3n) is 7.29. The number of nitrogens with one attached hydrogen (secondary N) is 2. The van der Waals surface area contributed by atoms with E-state index in [0.717, 1.165) is 36.1 Å². The average molecular weight is 689 g/mol. The van der Waals surface area contributed by atoms with Gasteiger partial charge in [0.2, 0.25) is 5.91 Å². The molecule has 2 N–H and O–H groups in total. The van der Waals surface area contributed by atoms with Crippen molar-refractivity contribution in [3.63, 3.8) is 0 Å². The van der Waals surface area contributed by atoms with Crippen LogP contribution in [0.15, 0.2) is 59.6 Å². The zero-order valence-electron chi connectivity index (χ0n) is 25.1. The lowest BCUT2D eigenvalue weighted by molar-refractivity contribution is -0.385. The number of amidine groups is 1. The fourth-order valence-corrected chi connectivity index (χ4v) is 8.53. The van der Waals surface area contributed by atoms with Crippen LogP contribution in [0.3, 0.4) is 0 Å². The van der Waals surface area contributed by atoms with Crippen LogP contribution in [0.5, 0.6) is 0 Å². The second-order valence-corrected chi connectivity index (χ2v) is 15.3. The Balaban J connectivity index is 1.63. The number of aliphatic imine (C=N–C) groups is 1. The maximum atomic E-state index is 13.7. The van der Waals surface area contributed by atoms with Crippen LogP contribution in [-0.2, 0) is 25.1 Å². The number of amides is 2. The zero-order valence-corrected chi connectivity index (χ0v) is 27.5. The van der Waals surface area contributed by atoms with Crippen molar-refractivity contribution in [3.05, 3.63) is 75.8 Å². The number of nitro groups is 1. The number of carbonyl (C=O) groups excluding carboxylic acids is 2. The van der Waals surface area contributed by atoms with Crippen LogP contribution < -0.4 is 10.6 Å². The van der Waals surface area contributed by atoms with Gasteiger partial charge in [0, 0.05) is 48.3 Å². The Bertz CT molecular complexity index is 1540. The molecule has 4 rings (SSSR count). The molecule has 2 aromatic rings. The molecule has 2 heterocycles. The molecule has 0 aliphatic carbocycles. The predicted octanol–water partition coefficient (Wildman–Crippen LogP) is 3.00. The average Bonchev–Trinajstić information content (AvgIpc) is 3.05. The molecule has 0 radical (unpaired) electrons. The fraction of sp³-hybridized carbons (Fsp3) is 0.467. The Kier molecular flexibility index (Phi) is 13.3. The number of nitriles is 1. The molecule has 2 unspecified atom stereocenters. The van der Waals surface area contributed by atoms with Gasteiger partial charge >= 0.3 is 6.09 Å². The quantitative estimate of drug-likeness (QED) is 0.145. The van der Waals surface area contributed by atoms with Gasteiger partial charge in [-0.05, 0) is 24.3 Å². The van der Waals surface area contributed by atoms with E-state index in [2.05, 4.69) is 21.7 Å². The molecule has 13 nitrogen and oxygen atoms in total. The number of nitro benzene ring substituents is 1. The number of carbonyl (C=O) groups is 2. The first-order chi connectivity index (χ1) is 22.1. The first kappa shape index (κ1) is 35.2. The zero-order chi connectivity index (χ0) is 32.9. The fourth-order valence-electron chi connectivity index (χ4n) is 4.95. The van der Waals surface area contributed by atoms with E-state index in [9.17, 15) is 33.4 Å². The lowest BCUT2D eigenvalue weighted by atomic mass is 10.2. The number of para-hydroxylation sites is 1. The third kappa shape index (κ3) is 11.0. The lowest BCUT2D eigenvalue weighted by Crippen LogP contribution is -2.49. The predicted molar refractivity (Wildman–Crippen MR) is 179 cm³/mol. The standard InChI is InChI=1S/C30H36N6O7S3/c31-18-24(19-35-12-16-45-17-13-35)32-29(37)26(21-46(41,42)20-23-8-4-5-9-27(23)36(39)40)33-28(22-6-2-1-3-7-22)34-30(38)43-25-10-14-44-15-11-25/h1-9,24-26H,10-17,19-21H2,(H,32,37)(H,33,34,38). The van der Waals surface area contributed by atoms with Gasteiger partial charge in [0.15, 0.2) is 9.84 Å². The Morgan fingerprint density at radius 2 is 1.72 bits per heavy atom. The molecule has 2 amide bonds. The monoisotopic (exact) mass is 688 g/mol. The SMILES string of the molecule is N#CC(CN1CCSCC1)NC(=O)C(CS(=O)(=O)Cc1ccccc1[N+](=O)[O-])N=C(NC(=O)OC1CCSCC1)c1ccccc1. The molecular formula is C30H36N6O7S3. The van der Waals surface area contributed by atoms with E-state index in [-0.39, 0.29) is 29.7 Å². The summed E-state index contributed by atoms with van der Waals surface area (Å²) >= 11 is 3.57. The van der Waals surface area contributed by atoms with Crippen molar-refractivity contribution in [2.75, 3.05) is 48.4 Å². The van der Waals surface area contributed by atoms with E-state index in [1.54, 1.807) is 53.9 Å². The molecule has 0 saturated carbocycles. The van der Waals surface area contributed by atoms with Gasteiger partial charge in [0.25, 0.3) is 5.69 Å². The van der Waals surface area contributed by atoms with Crippen LogP contribution in [0.1, 0.15) is 24.0 Å². The number of thioether (sulfide) groups is 2. The number of hydrogen-bond acceptors (Lipinski definition) is 12. The van der Waals surface area contributed by atoms with Crippen molar-refractivity contribution in [1.82, 2.24) is 15.5 Å². The number of sulfone groups is 1. The highest BCUT2D eigenvalue weighted by Gasteiger charge is 2.31. The molecule has 0 spiro atoms. The minimum Gasteiger partial charge on any atom is -0.446 e. The highest BCUT2D eigenvalue weighted by atomic mass is 32.2. The minimum absolute atomic E-state index is 0.0378. The van der Waals surface area contributed by atoms with E-state index < -0.39 is 50.4 Å². The van der Waals surface area contributed by atoms with Crippen LogP contribution in [-0.4, -0.2) is 103 Å². The smallest absolute Gasteiger partial charge is 0.413 e. The van der Waals surface area contributed by atoms with Gasteiger partial charge in [-0.1, -0.05) is 48.5 Å². The van der Waals surface area contributed by atoms with Crippen molar-refractivity contribution in [3.8, 4) is 6.07 Å². The first-order valence-electron chi connectivity index (χ1n) is 14.7. The summed E-state index contributed by atoms with van der Waals surface area (Å²) in [6, 6.07) is 13.4. The molecule has 2 atom stereocenters. The molecule has 2 aliphatic rings. The van der Waals surface area contributed by atoms with Crippen molar-refractivity contribution in [2.24, 2.45) is 4.99 Å². The van der Waals surface area contributed by atoms with E-state index in [1.807, 2.05) is 4.90 Å². The molecular weight excluding hydrogens is 653 g/mol. The number of nitrogens with zero attached hydrogens (tertiary/aromatic N) is 4. The molecule has 2 saturated heterocycles. The number of hydrogen-bond donors (Lipinski definition) is 2. The Labute approximate surface area is 276 Å². The van der Waals surface area contributed by atoms with Crippen LogP contribution in [0, 0.1) is 21.4 Å². The molecule has 0 bridgehead atoms. The van der Waals surface area contributed by atoms with Gasteiger partial charge in [0.05, 0.1) is 22.5 Å². The van der Waals surface area contributed by atoms with Crippen LogP contribution in [0.4, 0.5) is 10.5 Å². The van der Waals surface area contributed by atoms with E-state index in [4.69, 9.17) is 4.74 Å². The summed E-state index contributed by atoms with van der Waals surface area (Å²) in [6.45, 7) is 1.74. The molecule has 246 valence electrons. The van der Waals surface area contributed by atoms with Gasteiger partial charge in [-0.2, -0.15) is 28.8 Å². The van der Waals surface area contributed by atoms with Gasteiger partial charge in [-0.15, -0.1) is 0 Å². The Hall–Kier alpha value is -3.65. The summed E-state index contributed by atoms with van der Waals surface area (Å²) in [6.07, 6.45) is 0.301.